The van der Waals surface area contributed by atoms with E-state index in [1.54, 1.807) is 42.5 Å². The third-order valence-electron chi connectivity index (χ3n) is 3.36. The van der Waals surface area contributed by atoms with Crippen LogP contribution in [0.4, 0.5) is 5.69 Å². The van der Waals surface area contributed by atoms with E-state index in [2.05, 4.69) is 10.6 Å². The minimum Gasteiger partial charge on any atom is -0.347 e. The number of amides is 2. The van der Waals surface area contributed by atoms with Crippen molar-refractivity contribution in [1.82, 2.24) is 5.32 Å². The zero-order chi connectivity index (χ0) is 19.4. The molecule has 2 aromatic rings. The molecule has 0 aromatic heterocycles. The van der Waals surface area contributed by atoms with Gasteiger partial charge >= 0.3 is 0 Å². The highest BCUT2D eigenvalue weighted by Gasteiger charge is 2.22. The van der Waals surface area contributed by atoms with Gasteiger partial charge in [-0.1, -0.05) is 30.3 Å². The van der Waals surface area contributed by atoms with Gasteiger partial charge in [0.05, 0.1) is 16.1 Å². The summed E-state index contributed by atoms with van der Waals surface area (Å²) in [6, 6.07) is 14.2. The number of hydrogen-bond acceptors (Lipinski definition) is 4. The minimum absolute atomic E-state index is 0.0777. The number of hydrogen-bond donors (Lipinski definition) is 2. The summed E-state index contributed by atoms with van der Waals surface area (Å²) >= 11 is 0. The monoisotopic (exact) mass is 374 g/mol. The second-order valence-electron chi connectivity index (χ2n) is 6.87. The molecule has 0 unspecified atom stereocenters. The molecule has 0 heterocycles. The van der Waals surface area contributed by atoms with Crippen LogP contribution in [-0.4, -0.2) is 31.5 Å². The average Bonchev–Trinajstić information content (AvgIpc) is 2.54. The van der Waals surface area contributed by atoms with Crippen molar-refractivity contribution in [2.24, 2.45) is 0 Å². The predicted octanol–water partition coefficient (Wildman–Crippen LogP) is 2.63. The Morgan fingerprint density at radius 3 is 2.12 bits per heavy atom. The van der Waals surface area contributed by atoms with E-state index in [1.165, 1.54) is 12.1 Å². The minimum atomic E-state index is -3.75. The molecule has 0 saturated carbocycles. The number of rotatable bonds is 5. The fourth-order valence-corrected chi connectivity index (χ4v) is 3.42. The van der Waals surface area contributed by atoms with Crippen LogP contribution in [0.15, 0.2) is 59.5 Å². The lowest BCUT2D eigenvalue weighted by atomic mass is 10.1. The van der Waals surface area contributed by atoms with E-state index in [-0.39, 0.29) is 22.1 Å². The van der Waals surface area contributed by atoms with Crippen molar-refractivity contribution in [1.29, 1.82) is 0 Å². The molecule has 0 radical (unpaired) electrons. The molecular weight excluding hydrogens is 352 g/mol. The van der Waals surface area contributed by atoms with E-state index in [0.29, 0.717) is 0 Å². The summed E-state index contributed by atoms with van der Waals surface area (Å²) in [5.41, 5.74) is 0.0978. The maximum atomic E-state index is 12.4. The smallest absolute Gasteiger partial charge is 0.253 e. The largest absolute Gasteiger partial charge is 0.347 e. The lowest BCUT2D eigenvalue weighted by Crippen LogP contribution is -2.41. The topological polar surface area (TPSA) is 92.3 Å². The molecule has 2 N–H and O–H groups in total. The Bertz CT molecular complexity index is 901. The number of carbonyl (C=O) groups excluding carboxylic acids is 2. The predicted molar refractivity (Wildman–Crippen MR) is 101 cm³/mol. The van der Waals surface area contributed by atoms with Crippen molar-refractivity contribution in [3.63, 3.8) is 0 Å². The molecule has 0 aliphatic heterocycles. The van der Waals surface area contributed by atoms with Crippen LogP contribution >= 0.6 is 0 Å². The summed E-state index contributed by atoms with van der Waals surface area (Å²) in [6.07, 6.45) is 0. The van der Waals surface area contributed by atoms with Crippen LogP contribution < -0.4 is 10.6 Å². The van der Waals surface area contributed by atoms with Gasteiger partial charge in [-0.3, -0.25) is 9.59 Å². The standard InChI is InChI=1S/C19H22N2O4S/c1-19(2,3)21-18(23)15-11-7-8-12-16(15)20-17(22)13-26(24,25)14-9-5-4-6-10-14/h4-12H,13H2,1-3H3,(H,20,22)(H,21,23). The van der Waals surface area contributed by atoms with Crippen molar-refractivity contribution in [2.75, 3.05) is 11.1 Å². The molecular formula is C19H22N2O4S. The first-order valence-corrected chi connectivity index (χ1v) is 9.73. The van der Waals surface area contributed by atoms with Gasteiger partial charge < -0.3 is 10.6 Å². The summed E-state index contributed by atoms with van der Waals surface area (Å²) in [7, 11) is -3.75. The van der Waals surface area contributed by atoms with E-state index < -0.39 is 27.0 Å². The van der Waals surface area contributed by atoms with Crippen LogP contribution in [0, 0.1) is 0 Å². The molecule has 0 spiro atoms. The van der Waals surface area contributed by atoms with Gasteiger partial charge in [0, 0.05) is 5.54 Å². The number of anilines is 1. The first-order valence-electron chi connectivity index (χ1n) is 8.08. The lowest BCUT2D eigenvalue weighted by Gasteiger charge is -2.21. The third kappa shape index (κ3) is 5.42. The maximum Gasteiger partial charge on any atom is 0.253 e. The van der Waals surface area contributed by atoms with Gasteiger partial charge in [-0.05, 0) is 45.0 Å². The highest BCUT2D eigenvalue weighted by molar-refractivity contribution is 7.92. The van der Waals surface area contributed by atoms with Gasteiger partial charge in [-0.15, -0.1) is 0 Å². The van der Waals surface area contributed by atoms with E-state index in [0.717, 1.165) is 0 Å². The van der Waals surface area contributed by atoms with Crippen molar-refractivity contribution in [3.05, 3.63) is 60.2 Å². The van der Waals surface area contributed by atoms with Crippen molar-refractivity contribution in [2.45, 2.75) is 31.2 Å². The molecule has 138 valence electrons. The zero-order valence-corrected chi connectivity index (χ0v) is 15.8. The highest BCUT2D eigenvalue weighted by atomic mass is 32.2. The Balaban J connectivity index is 2.16. The molecule has 6 nitrogen and oxygen atoms in total. The van der Waals surface area contributed by atoms with Crippen molar-refractivity contribution in [3.8, 4) is 0 Å². The van der Waals surface area contributed by atoms with Gasteiger partial charge in [-0.25, -0.2) is 8.42 Å². The van der Waals surface area contributed by atoms with Crippen LogP contribution in [0.5, 0.6) is 0 Å². The van der Waals surface area contributed by atoms with Crippen molar-refractivity contribution >= 4 is 27.3 Å². The number of sulfone groups is 1. The van der Waals surface area contributed by atoms with Gasteiger partial charge in [0.25, 0.3) is 5.91 Å². The second kappa shape index (κ2) is 7.70. The summed E-state index contributed by atoms with van der Waals surface area (Å²) in [6.45, 7) is 5.54. The van der Waals surface area contributed by atoms with Crippen LogP contribution in [0.2, 0.25) is 0 Å². The maximum absolute atomic E-state index is 12.4. The molecule has 0 aliphatic carbocycles. The van der Waals surface area contributed by atoms with Gasteiger partial charge in [0.15, 0.2) is 9.84 Å². The van der Waals surface area contributed by atoms with E-state index >= 15 is 0 Å². The Morgan fingerprint density at radius 2 is 1.50 bits per heavy atom. The van der Waals surface area contributed by atoms with Gasteiger partial charge in [0.1, 0.15) is 5.75 Å². The number of benzene rings is 2. The molecule has 2 aromatic carbocycles. The number of carbonyl (C=O) groups is 2. The van der Waals surface area contributed by atoms with Gasteiger partial charge in [-0.2, -0.15) is 0 Å². The molecule has 2 amide bonds. The normalized spacial score (nSPS) is 11.7. The van der Waals surface area contributed by atoms with Crippen LogP contribution in [0.25, 0.3) is 0 Å². The fraction of sp³-hybridized carbons (Fsp3) is 0.263. The third-order valence-corrected chi connectivity index (χ3v) is 4.99. The second-order valence-corrected chi connectivity index (χ2v) is 8.86. The van der Waals surface area contributed by atoms with Crippen molar-refractivity contribution < 1.29 is 18.0 Å². The Hall–Kier alpha value is -2.67. The van der Waals surface area contributed by atoms with E-state index in [1.807, 2.05) is 20.8 Å². The summed E-state index contributed by atoms with van der Waals surface area (Å²) in [5, 5.41) is 5.34. The van der Waals surface area contributed by atoms with Crippen LogP contribution in [0.1, 0.15) is 31.1 Å². The van der Waals surface area contributed by atoms with Gasteiger partial charge in [0.2, 0.25) is 5.91 Å². The molecule has 0 bridgehead atoms. The summed E-state index contributed by atoms with van der Waals surface area (Å²) in [4.78, 5) is 24.7. The SMILES string of the molecule is CC(C)(C)NC(=O)c1ccccc1NC(=O)CS(=O)(=O)c1ccccc1. The molecule has 0 fully saturated rings. The Morgan fingerprint density at radius 1 is 0.923 bits per heavy atom. The Labute approximate surface area is 153 Å². The highest BCUT2D eigenvalue weighted by Crippen LogP contribution is 2.17. The average molecular weight is 374 g/mol. The molecule has 0 aliphatic rings. The quantitative estimate of drug-likeness (QED) is 0.841. The Kier molecular flexibility index (Phi) is 5.82. The van der Waals surface area contributed by atoms with Crippen LogP contribution in [-0.2, 0) is 14.6 Å². The molecule has 7 heteroatoms. The van der Waals surface area contributed by atoms with Crippen LogP contribution in [0.3, 0.4) is 0 Å². The summed E-state index contributed by atoms with van der Waals surface area (Å²) in [5.74, 6) is -1.75. The molecule has 0 saturated heterocycles. The lowest BCUT2D eigenvalue weighted by molar-refractivity contribution is -0.113. The first-order chi connectivity index (χ1) is 12.1. The molecule has 0 atom stereocenters. The van der Waals surface area contributed by atoms with E-state index in [9.17, 15) is 18.0 Å². The first kappa shape index (κ1) is 19.7. The number of nitrogens with one attached hydrogen (secondary N) is 2. The van der Waals surface area contributed by atoms with E-state index in [4.69, 9.17) is 0 Å². The number of para-hydroxylation sites is 1. The molecule has 26 heavy (non-hydrogen) atoms. The fourth-order valence-electron chi connectivity index (χ4n) is 2.27. The summed E-state index contributed by atoms with van der Waals surface area (Å²) < 4.78 is 24.6. The zero-order valence-electron chi connectivity index (χ0n) is 14.9. The molecule has 2 rings (SSSR count).